The molecule has 0 bridgehead atoms. The molecule has 0 heterocycles. The van der Waals surface area contributed by atoms with Gasteiger partial charge in [-0.1, -0.05) is 79.1 Å². The fourth-order valence-corrected chi connectivity index (χ4v) is 3.88. The smallest absolute Gasteiger partial charge is 0.311 e. The number of hydrogen-bond donors (Lipinski definition) is 0. The Labute approximate surface area is 194 Å². The van der Waals surface area contributed by atoms with E-state index >= 15 is 0 Å². The summed E-state index contributed by atoms with van der Waals surface area (Å²) < 4.78 is 10.9. The molecule has 0 fully saturated rings. The molecule has 0 radical (unpaired) electrons. The van der Waals surface area contributed by atoms with Crippen LogP contribution in [0.2, 0.25) is 0 Å². The third-order valence-corrected chi connectivity index (χ3v) is 6.10. The molecule has 0 spiro atoms. The summed E-state index contributed by atoms with van der Waals surface area (Å²) in [5.74, 6) is 0.843. The summed E-state index contributed by atoms with van der Waals surface area (Å²) in [5, 5.41) is 0. The van der Waals surface area contributed by atoms with Gasteiger partial charge < -0.3 is 9.47 Å². The minimum Gasteiger partial charge on any atom is -0.426 e. The monoisotopic (exact) mass is 446 g/mol. The summed E-state index contributed by atoms with van der Waals surface area (Å²) in [5.41, 5.74) is 0.307. The first-order valence-corrected chi connectivity index (χ1v) is 12.5. The van der Waals surface area contributed by atoms with Crippen LogP contribution in [0.15, 0.2) is 18.2 Å². The van der Waals surface area contributed by atoms with Crippen LogP contribution in [0.3, 0.4) is 0 Å². The molecule has 0 aliphatic carbocycles. The molecule has 0 saturated heterocycles. The van der Waals surface area contributed by atoms with Crippen molar-refractivity contribution < 1.29 is 23.9 Å². The second-order valence-corrected chi connectivity index (χ2v) is 8.71. The molecule has 0 amide bonds. The van der Waals surface area contributed by atoms with E-state index in [1.54, 1.807) is 0 Å². The van der Waals surface area contributed by atoms with Crippen LogP contribution in [0, 0.1) is 11.8 Å². The van der Waals surface area contributed by atoms with Gasteiger partial charge in [-0.3, -0.25) is 14.4 Å². The second kappa shape index (κ2) is 16.5. The first kappa shape index (κ1) is 27.9. The molecule has 32 heavy (non-hydrogen) atoms. The van der Waals surface area contributed by atoms with Gasteiger partial charge in [-0.2, -0.15) is 0 Å². The third kappa shape index (κ3) is 11.4. The summed E-state index contributed by atoms with van der Waals surface area (Å²) in [6.07, 6.45) is 11.9. The maximum absolute atomic E-state index is 12.3. The van der Waals surface area contributed by atoms with E-state index in [4.69, 9.17) is 9.47 Å². The predicted octanol–water partition coefficient (Wildman–Crippen LogP) is 7.30. The normalized spacial score (nSPS) is 12.8. The number of aldehydes is 1. The topological polar surface area (TPSA) is 69.7 Å². The zero-order chi connectivity index (χ0) is 23.8. The third-order valence-electron chi connectivity index (χ3n) is 6.10. The van der Waals surface area contributed by atoms with E-state index in [9.17, 15) is 14.4 Å². The zero-order valence-corrected chi connectivity index (χ0v) is 20.5. The molecule has 1 aromatic carbocycles. The molecule has 0 aromatic heterocycles. The SMILES string of the molecule is CCCCC(CC)CCC(=O)Oc1cc(C=O)cc(OC(=O)CCC(CC)CCCC)c1. The minimum absolute atomic E-state index is 0.235. The van der Waals surface area contributed by atoms with Crippen molar-refractivity contribution in [2.45, 2.75) is 105 Å². The Morgan fingerprint density at radius 1 is 0.750 bits per heavy atom. The van der Waals surface area contributed by atoms with Crippen molar-refractivity contribution in [1.29, 1.82) is 0 Å². The summed E-state index contributed by atoms with van der Waals surface area (Å²) in [6.45, 7) is 8.62. The van der Waals surface area contributed by atoms with Gasteiger partial charge in [0.2, 0.25) is 0 Å². The van der Waals surface area contributed by atoms with Gasteiger partial charge in [0.1, 0.15) is 17.8 Å². The van der Waals surface area contributed by atoms with E-state index in [1.165, 1.54) is 31.0 Å². The van der Waals surface area contributed by atoms with Crippen LogP contribution in [-0.4, -0.2) is 18.2 Å². The summed E-state index contributed by atoms with van der Waals surface area (Å²) in [4.78, 5) is 35.9. The van der Waals surface area contributed by atoms with Gasteiger partial charge in [0.05, 0.1) is 0 Å². The number of hydrogen-bond acceptors (Lipinski definition) is 5. The first-order valence-electron chi connectivity index (χ1n) is 12.5. The van der Waals surface area contributed by atoms with Gasteiger partial charge in [-0.05, 0) is 36.8 Å². The van der Waals surface area contributed by atoms with Gasteiger partial charge in [0, 0.05) is 24.5 Å². The quantitative estimate of drug-likeness (QED) is 0.143. The van der Waals surface area contributed by atoms with E-state index in [2.05, 4.69) is 27.7 Å². The summed E-state index contributed by atoms with van der Waals surface area (Å²) >= 11 is 0. The standard InChI is InChI=1S/C27H42O5/c1-5-9-11-21(7-3)13-15-26(29)31-24-17-23(20-28)18-25(19-24)32-27(30)16-14-22(8-4)12-10-6-2/h17-22H,5-16H2,1-4H3. The minimum atomic E-state index is -0.331. The van der Waals surface area contributed by atoms with Crippen molar-refractivity contribution in [3.63, 3.8) is 0 Å². The second-order valence-electron chi connectivity index (χ2n) is 8.71. The Morgan fingerprint density at radius 2 is 1.19 bits per heavy atom. The van der Waals surface area contributed by atoms with E-state index in [0.717, 1.165) is 51.4 Å². The van der Waals surface area contributed by atoms with Gasteiger partial charge in [0.25, 0.3) is 0 Å². The molecular formula is C27H42O5. The van der Waals surface area contributed by atoms with Gasteiger partial charge >= 0.3 is 11.9 Å². The van der Waals surface area contributed by atoms with E-state index in [-0.39, 0.29) is 23.4 Å². The zero-order valence-electron chi connectivity index (χ0n) is 20.5. The van der Waals surface area contributed by atoms with Crippen molar-refractivity contribution in [3.8, 4) is 11.5 Å². The van der Waals surface area contributed by atoms with Crippen LogP contribution >= 0.6 is 0 Å². The Hall–Kier alpha value is -2.17. The number of benzene rings is 1. The molecule has 5 heteroatoms. The Bertz CT molecular complexity index is 645. The Morgan fingerprint density at radius 3 is 1.53 bits per heavy atom. The number of carbonyl (C=O) groups is 3. The average molecular weight is 447 g/mol. The number of esters is 2. The molecule has 0 saturated carbocycles. The van der Waals surface area contributed by atoms with Crippen molar-refractivity contribution >= 4 is 18.2 Å². The fraction of sp³-hybridized carbons (Fsp3) is 0.667. The number of rotatable bonds is 17. The largest absolute Gasteiger partial charge is 0.426 e. The molecule has 1 aromatic rings. The van der Waals surface area contributed by atoms with Gasteiger partial charge in [-0.15, -0.1) is 0 Å². The van der Waals surface area contributed by atoms with Crippen molar-refractivity contribution in [3.05, 3.63) is 23.8 Å². The van der Waals surface area contributed by atoms with Gasteiger partial charge in [0.15, 0.2) is 0 Å². The lowest BCUT2D eigenvalue weighted by atomic mass is 9.94. The van der Waals surface area contributed by atoms with Crippen molar-refractivity contribution in [2.75, 3.05) is 0 Å². The summed E-state index contributed by atoms with van der Waals surface area (Å²) in [6, 6.07) is 4.49. The highest BCUT2D eigenvalue weighted by molar-refractivity contribution is 5.79. The van der Waals surface area contributed by atoms with Crippen LogP contribution in [0.1, 0.15) is 115 Å². The van der Waals surface area contributed by atoms with Crippen molar-refractivity contribution in [1.82, 2.24) is 0 Å². The van der Waals surface area contributed by atoms with Crippen LogP contribution in [0.25, 0.3) is 0 Å². The molecule has 2 unspecified atom stereocenters. The predicted molar refractivity (Wildman–Crippen MR) is 128 cm³/mol. The number of ether oxygens (including phenoxy) is 2. The summed E-state index contributed by atoms with van der Waals surface area (Å²) in [7, 11) is 0. The molecule has 0 aliphatic rings. The fourth-order valence-electron chi connectivity index (χ4n) is 3.88. The Balaban J connectivity index is 2.65. The van der Waals surface area contributed by atoms with Crippen LogP contribution in [0.5, 0.6) is 11.5 Å². The maximum atomic E-state index is 12.3. The first-order chi connectivity index (χ1) is 15.4. The van der Waals surface area contributed by atoms with E-state index in [0.29, 0.717) is 36.5 Å². The molecule has 0 N–H and O–H groups in total. The van der Waals surface area contributed by atoms with Crippen molar-refractivity contribution in [2.24, 2.45) is 11.8 Å². The highest BCUT2D eigenvalue weighted by Gasteiger charge is 2.15. The highest BCUT2D eigenvalue weighted by Crippen LogP contribution is 2.25. The molecule has 2 atom stereocenters. The van der Waals surface area contributed by atoms with Crippen LogP contribution in [-0.2, 0) is 9.59 Å². The Kier molecular flexibility index (Phi) is 14.3. The number of carbonyl (C=O) groups excluding carboxylic acids is 3. The van der Waals surface area contributed by atoms with Gasteiger partial charge in [-0.25, -0.2) is 0 Å². The molecule has 0 aliphatic heterocycles. The lowest BCUT2D eigenvalue weighted by molar-refractivity contribution is -0.135. The van der Waals surface area contributed by atoms with Crippen LogP contribution in [0.4, 0.5) is 0 Å². The molecule has 180 valence electrons. The molecular weight excluding hydrogens is 404 g/mol. The highest BCUT2D eigenvalue weighted by atomic mass is 16.5. The lowest BCUT2D eigenvalue weighted by Gasteiger charge is -2.14. The molecule has 5 nitrogen and oxygen atoms in total. The maximum Gasteiger partial charge on any atom is 0.311 e. The number of unbranched alkanes of at least 4 members (excludes halogenated alkanes) is 2. The van der Waals surface area contributed by atoms with E-state index < -0.39 is 0 Å². The lowest BCUT2D eigenvalue weighted by Crippen LogP contribution is -2.12. The average Bonchev–Trinajstić information content (AvgIpc) is 2.79. The van der Waals surface area contributed by atoms with E-state index in [1.807, 2.05) is 0 Å². The van der Waals surface area contributed by atoms with Crippen LogP contribution < -0.4 is 9.47 Å². The molecule has 1 rings (SSSR count).